The molecule has 21 heavy (non-hydrogen) atoms. The van der Waals surface area contributed by atoms with Crippen LogP contribution in [0.3, 0.4) is 0 Å². The molecule has 0 amide bonds. The molecule has 0 aliphatic heterocycles. The molecule has 2 aromatic rings. The van der Waals surface area contributed by atoms with Crippen molar-refractivity contribution in [3.63, 3.8) is 0 Å². The van der Waals surface area contributed by atoms with Gasteiger partial charge < -0.3 is 10.2 Å². The van der Waals surface area contributed by atoms with Crippen LogP contribution in [-0.2, 0) is 6.42 Å². The summed E-state index contributed by atoms with van der Waals surface area (Å²) < 4.78 is 13.2. The number of aryl methyl sites for hydroxylation is 1. The molecule has 0 aromatic heterocycles. The molecule has 2 aromatic carbocycles. The summed E-state index contributed by atoms with van der Waals surface area (Å²) in [6.07, 6.45) is 0.847. The first-order valence-corrected chi connectivity index (χ1v) is 7.21. The van der Waals surface area contributed by atoms with Gasteiger partial charge in [0.15, 0.2) is 0 Å². The summed E-state index contributed by atoms with van der Waals surface area (Å²) in [7, 11) is 6.04. The average Bonchev–Trinajstić information content (AvgIpc) is 2.46. The van der Waals surface area contributed by atoms with E-state index >= 15 is 0 Å². The monoisotopic (exact) mass is 286 g/mol. The molecule has 1 N–H and O–H groups in total. The van der Waals surface area contributed by atoms with E-state index in [1.807, 2.05) is 34.1 Å². The molecule has 3 heteroatoms. The molecule has 1 atom stereocenters. The SMILES string of the molecule is CNC(Cc1ccc(F)cc1C)c1cccc(N(C)C)c1. The maximum atomic E-state index is 13.2. The van der Waals surface area contributed by atoms with Gasteiger partial charge in [-0.25, -0.2) is 4.39 Å². The summed E-state index contributed by atoms with van der Waals surface area (Å²) in [6, 6.07) is 13.7. The molecule has 0 saturated heterocycles. The van der Waals surface area contributed by atoms with Crippen LogP contribution >= 0.6 is 0 Å². The van der Waals surface area contributed by atoms with E-state index in [-0.39, 0.29) is 11.9 Å². The number of likely N-dealkylation sites (N-methyl/N-ethyl adjacent to an activating group) is 1. The predicted octanol–water partition coefficient (Wildman–Crippen LogP) is 3.70. The highest BCUT2D eigenvalue weighted by atomic mass is 19.1. The summed E-state index contributed by atoms with van der Waals surface area (Å²) in [4.78, 5) is 2.10. The van der Waals surface area contributed by atoms with Crippen LogP contribution in [0.4, 0.5) is 10.1 Å². The zero-order valence-electron chi connectivity index (χ0n) is 13.2. The predicted molar refractivity (Wildman–Crippen MR) is 87.4 cm³/mol. The number of nitrogens with one attached hydrogen (secondary N) is 1. The molecule has 112 valence electrons. The van der Waals surface area contributed by atoms with Gasteiger partial charge in [0.05, 0.1) is 0 Å². The van der Waals surface area contributed by atoms with Crippen LogP contribution in [0.25, 0.3) is 0 Å². The molecular formula is C18H23FN2. The Kier molecular flexibility index (Phi) is 4.97. The summed E-state index contributed by atoms with van der Waals surface area (Å²) >= 11 is 0. The van der Waals surface area contributed by atoms with Gasteiger partial charge in [-0.05, 0) is 61.3 Å². The van der Waals surface area contributed by atoms with E-state index < -0.39 is 0 Å². The van der Waals surface area contributed by atoms with Gasteiger partial charge in [-0.15, -0.1) is 0 Å². The molecule has 0 fully saturated rings. The van der Waals surface area contributed by atoms with E-state index in [0.29, 0.717) is 0 Å². The Balaban J connectivity index is 2.25. The Morgan fingerprint density at radius 2 is 1.90 bits per heavy atom. The van der Waals surface area contributed by atoms with Crippen LogP contribution in [0.1, 0.15) is 22.7 Å². The number of benzene rings is 2. The fourth-order valence-corrected chi connectivity index (χ4v) is 2.51. The van der Waals surface area contributed by atoms with E-state index in [0.717, 1.165) is 12.0 Å². The third-order valence-corrected chi connectivity index (χ3v) is 3.87. The molecule has 0 aliphatic rings. The van der Waals surface area contributed by atoms with Crippen molar-refractivity contribution in [3.8, 4) is 0 Å². The maximum absolute atomic E-state index is 13.2. The van der Waals surface area contributed by atoms with Crippen molar-refractivity contribution in [3.05, 3.63) is 65.0 Å². The Hall–Kier alpha value is -1.87. The van der Waals surface area contributed by atoms with Crippen LogP contribution < -0.4 is 10.2 Å². The fraction of sp³-hybridized carbons (Fsp3) is 0.333. The van der Waals surface area contributed by atoms with Crippen molar-refractivity contribution in [1.29, 1.82) is 0 Å². The highest BCUT2D eigenvalue weighted by molar-refractivity contribution is 5.48. The number of rotatable bonds is 5. The second kappa shape index (κ2) is 6.72. The van der Waals surface area contributed by atoms with Crippen LogP contribution in [-0.4, -0.2) is 21.1 Å². The lowest BCUT2D eigenvalue weighted by atomic mass is 9.96. The van der Waals surface area contributed by atoms with Crippen LogP contribution in [0.2, 0.25) is 0 Å². The van der Waals surface area contributed by atoms with Gasteiger partial charge in [0.25, 0.3) is 0 Å². The Labute approximate surface area is 126 Å². The van der Waals surface area contributed by atoms with Crippen molar-refractivity contribution < 1.29 is 4.39 Å². The highest BCUT2D eigenvalue weighted by Gasteiger charge is 2.12. The normalized spacial score (nSPS) is 12.2. The van der Waals surface area contributed by atoms with Crippen molar-refractivity contribution >= 4 is 5.69 Å². The van der Waals surface area contributed by atoms with Gasteiger partial charge in [-0.2, -0.15) is 0 Å². The molecule has 2 nitrogen and oxygen atoms in total. The summed E-state index contributed by atoms with van der Waals surface area (Å²) in [5.41, 5.74) is 4.60. The lowest BCUT2D eigenvalue weighted by Crippen LogP contribution is -2.20. The zero-order chi connectivity index (χ0) is 15.4. The van der Waals surface area contributed by atoms with Gasteiger partial charge in [-0.3, -0.25) is 0 Å². The van der Waals surface area contributed by atoms with E-state index in [2.05, 4.69) is 34.5 Å². The van der Waals surface area contributed by atoms with Gasteiger partial charge in [0.2, 0.25) is 0 Å². The molecule has 1 unspecified atom stereocenters. The first-order valence-electron chi connectivity index (χ1n) is 7.21. The first kappa shape index (κ1) is 15.5. The maximum Gasteiger partial charge on any atom is 0.123 e. The minimum Gasteiger partial charge on any atom is -0.378 e. The number of hydrogen-bond acceptors (Lipinski definition) is 2. The van der Waals surface area contributed by atoms with Crippen molar-refractivity contribution in [2.75, 3.05) is 26.0 Å². The highest BCUT2D eigenvalue weighted by Crippen LogP contribution is 2.24. The zero-order valence-corrected chi connectivity index (χ0v) is 13.2. The molecule has 0 bridgehead atoms. The largest absolute Gasteiger partial charge is 0.378 e. The van der Waals surface area contributed by atoms with Crippen LogP contribution in [0.5, 0.6) is 0 Å². The number of hydrogen-bond donors (Lipinski definition) is 1. The summed E-state index contributed by atoms with van der Waals surface area (Å²) in [6.45, 7) is 1.96. The molecule has 0 spiro atoms. The van der Waals surface area contributed by atoms with Gasteiger partial charge in [0.1, 0.15) is 5.82 Å². The van der Waals surface area contributed by atoms with E-state index in [1.54, 1.807) is 6.07 Å². The minimum atomic E-state index is -0.174. The standard InChI is InChI=1S/C18H23FN2/c1-13-10-16(19)9-8-14(13)12-18(20-2)15-6-5-7-17(11-15)21(3)4/h5-11,18,20H,12H2,1-4H3. The number of nitrogens with zero attached hydrogens (tertiary/aromatic N) is 1. The smallest absolute Gasteiger partial charge is 0.123 e. The Bertz CT molecular complexity index is 608. The summed E-state index contributed by atoms with van der Waals surface area (Å²) in [5.74, 6) is -0.174. The number of halogens is 1. The third-order valence-electron chi connectivity index (χ3n) is 3.87. The van der Waals surface area contributed by atoms with Crippen molar-refractivity contribution in [2.24, 2.45) is 0 Å². The third kappa shape index (κ3) is 3.82. The Morgan fingerprint density at radius 3 is 2.52 bits per heavy atom. The van der Waals surface area contributed by atoms with E-state index in [9.17, 15) is 4.39 Å². The Morgan fingerprint density at radius 1 is 1.14 bits per heavy atom. The van der Waals surface area contributed by atoms with Crippen molar-refractivity contribution in [2.45, 2.75) is 19.4 Å². The molecule has 0 aliphatic carbocycles. The van der Waals surface area contributed by atoms with Gasteiger partial charge in [0, 0.05) is 25.8 Å². The summed E-state index contributed by atoms with van der Waals surface area (Å²) in [5, 5.41) is 3.36. The fourth-order valence-electron chi connectivity index (χ4n) is 2.51. The molecule has 2 rings (SSSR count). The second-order valence-electron chi connectivity index (χ2n) is 5.61. The minimum absolute atomic E-state index is 0.174. The van der Waals surface area contributed by atoms with Crippen LogP contribution in [0.15, 0.2) is 42.5 Å². The first-order chi connectivity index (χ1) is 10.0. The topological polar surface area (TPSA) is 15.3 Å². The average molecular weight is 286 g/mol. The molecule has 0 heterocycles. The second-order valence-corrected chi connectivity index (χ2v) is 5.61. The van der Waals surface area contributed by atoms with Crippen molar-refractivity contribution in [1.82, 2.24) is 5.32 Å². The lowest BCUT2D eigenvalue weighted by molar-refractivity contribution is 0.587. The molecule has 0 radical (unpaired) electrons. The quantitative estimate of drug-likeness (QED) is 0.901. The molecule has 0 saturated carbocycles. The van der Waals surface area contributed by atoms with Gasteiger partial charge in [-0.1, -0.05) is 18.2 Å². The molecular weight excluding hydrogens is 263 g/mol. The van der Waals surface area contributed by atoms with Gasteiger partial charge >= 0.3 is 0 Å². The van der Waals surface area contributed by atoms with E-state index in [4.69, 9.17) is 0 Å². The van der Waals surface area contributed by atoms with E-state index in [1.165, 1.54) is 22.9 Å². The van der Waals surface area contributed by atoms with Crippen LogP contribution in [0, 0.1) is 12.7 Å². The number of anilines is 1. The lowest BCUT2D eigenvalue weighted by Gasteiger charge is -2.20.